The molecule has 0 aliphatic rings. The third-order valence-electron chi connectivity index (χ3n) is 2.64. The Morgan fingerprint density at radius 3 is 3.06 bits per heavy atom. The first-order chi connectivity index (χ1) is 7.79. The van der Waals surface area contributed by atoms with Crippen molar-refractivity contribution >= 4 is 0 Å². The lowest BCUT2D eigenvalue weighted by atomic mass is 10.2. The van der Waals surface area contributed by atoms with Gasteiger partial charge in [-0.05, 0) is 26.0 Å². The number of aromatic nitrogens is 2. The van der Waals surface area contributed by atoms with E-state index in [1.807, 2.05) is 23.0 Å². The highest BCUT2D eigenvalue weighted by atomic mass is 16.3. The van der Waals surface area contributed by atoms with Gasteiger partial charge < -0.3 is 9.73 Å². The summed E-state index contributed by atoms with van der Waals surface area (Å²) < 4.78 is 7.19. The first kappa shape index (κ1) is 11.0. The molecule has 1 N–H and O–H groups in total. The highest BCUT2D eigenvalue weighted by Gasteiger charge is 2.07. The number of nitrogens with one attached hydrogen (secondary N) is 1. The van der Waals surface area contributed by atoms with E-state index in [4.69, 9.17) is 4.42 Å². The van der Waals surface area contributed by atoms with Crippen LogP contribution in [0.25, 0.3) is 0 Å². The second-order valence-corrected chi connectivity index (χ2v) is 3.81. The van der Waals surface area contributed by atoms with Gasteiger partial charge in [0.2, 0.25) is 0 Å². The van der Waals surface area contributed by atoms with Crippen LogP contribution < -0.4 is 5.32 Å². The van der Waals surface area contributed by atoms with Crippen LogP contribution in [0.15, 0.2) is 35.2 Å². The lowest BCUT2D eigenvalue weighted by molar-refractivity contribution is 0.460. The molecule has 2 aromatic rings. The van der Waals surface area contributed by atoms with Crippen molar-refractivity contribution in [2.24, 2.45) is 0 Å². The van der Waals surface area contributed by atoms with E-state index in [0.29, 0.717) is 0 Å². The van der Waals surface area contributed by atoms with Crippen molar-refractivity contribution in [3.05, 3.63) is 42.1 Å². The molecule has 0 aliphatic carbocycles. The predicted octanol–water partition coefficient (Wildman–Crippen LogP) is 2.35. The van der Waals surface area contributed by atoms with Gasteiger partial charge in [0, 0.05) is 24.3 Å². The number of hydrogen-bond acceptors (Lipinski definition) is 3. The summed E-state index contributed by atoms with van der Waals surface area (Å²) in [5, 5.41) is 7.65. The number of hydrogen-bond donors (Lipinski definition) is 1. The molecule has 1 atom stereocenters. The van der Waals surface area contributed by atoms with Crippen LogP contribution in [0.4, 0.5) is 0 Å². The fourth-order valence-corrected chi connectivity index (χ4v) is 1.56. The highest BCUT2D eigenvalue weighted by molar-refractivity contribution is 5.09. The summed E-state index contributed by atoms with van der Waals surface area (Å²) >= 11 is 0. The van der Waals surface area contributed by atoms with Crippen LogP contribution in [-0.4, -0.2) is 9.78 Å². The second-order valence-electron chi connectivity index (χ2n) is 3.81. The Kier molecular flexibility index (Phi) is 3.41. The number of furan rings is 1. The molecule has 0 aliphatic heterocycles. The molecule has 0 bridgehead atoms. The molecule has 2 rings (SSSR count). The van der Waals surface area contributed by atoms with Gasteiger partial charge in [-0.25, -0.2) is 0 Å². The zero-order chi connectivity index (χ0) is 11.4. The molecule has 4 heteroatoms. The van der Waals surface area contributed by atoms with Gasteiger partial charge in [0.25, 0.3) is 0 Å². The maximum atomic E-state index is 5.26. The fraction of sp³-hybridized carbons (Fsp3) is 0.417. The molecule has 0 amide bonds. The van der Waals surface area contributed by atoms with Gasteiger partial charge in [-0.1, -0.05) is 0 Å². The highest BCUT2D eigenvalue weighted by Crippen LogP contribution is 2.12. The Bertz CT molecular complexity index is 419. The minimum atomic E-state index is 0.283. The fourth-order valence-electron chi connectivity index (χ4n) is 1.56. The molecular formula is C12H17N3O. The summed E-state index contributed by atoms with van der Waals surface area (Å²) in [5.41, 5.74) is 1.20. The number of nitrogens with zero attached hydrogens (tertiary/aromatic N) is 2. The van der Waals surface area contributed by atoms with E-state index in [9.17, 15) is 0 Å². The Morgan fingerprint density at radius 1 is 1.56 bits per heavy atom. The van der Waals surface area contributed by atoms with E-state index in [1.165, 1.54) is 5.56 Å². The molecule has 0 radical (unpaired) electrons. The molecule has 0 aromatic carbocycles. The first-order valence-corrected chi connectivity index (χ1v) is 5.57. The van der Waals surface area contributed by atoms with Gasteiger partial charge in [0.15, 0.2) is 0 Å². The maximum absolute atomic E-state index is 5.26. The topological polar surface area (TPSA) is 43.0 Å². The SMILES string of the molecule is CCn1cc(C(C)NCc2ccco2)cn1. The van der Waals surface area contributed by atoms with Crippen LogP contribution in [0.1, 0.15) is 31.2 Å². The average molecular weight is 219 g/mol. The van der Waals surface area contributed by atoms with Crippen molar-refractivity contribution in [3.8, 4) is 0 Å². The summed E-state index contributed by atoms with van der Waals surface area (Å²) in [6.07, 6.45) is 5.67. The molecule has 0 spiro atoms. The summed E-state index contributed by atoms with van der Waals surface area (Å²) in [6.45, 7) is 5.86. The minimum Gasteiger partial charge on any atom is -0.468 e. The van der Waals surface area contributed by atoms with Crippen molar-refractivity contribution in [2.45, 2.75) is 33.0 Å². The average Bonchev–Trinajstić information content (AvgIpc) is 2.96. The zero-order valence-corrected chi connectivity index (χ0v) is 9.68. The third-order valence-corrected chi connectivity index (χ3v) is 2.64. The Labute approximate surface area is 95.3 Å². The molecule has 4 nitrogen and oxygen atoms in total. The predicted molar refractivity (Wildman–Crippen MR) is 61.9 cm³/mol. The van der Waals surface area contributed by atoms with Crippen LogP contribution in [0.2, 0.25) is 0 Å². The van der Waals surface area contributed by atoms with E-state index in [1.54, 1.807) is 6.26 Å². The molecule has 16 heavy (non-hydrogen) atoms. The van der Waals surface area contributed by atoms with Crippen LogP contribution in [0.5, 0.6) is 0 Å². The molecule has 2 aromatic heterocycles. The molecule has 0 saturated carbocycles. The van der Waals surface area contributed by atoms with E-state index < -0.39 is 0 Å². The first-order valence-electron chi connectivity index (χ1n) is 5.57. The lowest BCUT2D eigenvalue weighted by Gasteiger charge is -2.10. The van der Waals surface area contributed by atoms with E-state index in [-0.39, 0.29) is 6.04 Å². The van der Waals surface area contributed by atoms with Gasteiger partial charge in [-0.2, -0.15) is 5.10 Å². The Morgan fingerprint density at radius 2 is 2.44 bits per heavy atom. The third kappa shape index (κ3) is 2.52. The summed E-state index contributed by atoms with van der Waals surface area (Å²) in [5.74, 6) is 0.953. The van der Waals surface area contributed by atoms with Crippen LogP contribution in [0, 0.1) is 0 Å². The molecule has 1 unspecified atom stereocenters. The second kappa shape index (κ2) is 4.99. The largest absolute Gasteiger partial charge is 0.468 e. The molecular weight excluding hydrogens is 202 g/mol. The number of aryl methyl sites for hydroxylation is 1. The number of rotatable bonds is 5. The van der Waals surface area contributed by atoms with E-state index in [2.05, 4.69) is 30.5 Å². The van der Waals surface area contributed by atoms with Crippen molar-refractivity contribution in [3.63, 3.8) is 0 Å². The van der Waals surface area contributed by atoms with Crippen molar-refractivity contribution < 1.29 is 4.42 Å². The molecule has 2 heterocycles. The van der Waals surface area contributed by atoms with E-state index in [0.717, 1.165) is 18.8 Å². The van der Waals surface area contributed by atoms with E-state index >= 15 is 0 Å². The Hall–Kier alpha value is -1.55. The zero-order valence-electron chi connectivity index (χ0n) is 9.68. The summed E-state index contributed by atoms with van der Waals surface area (Å²) in [7, 11) is 0. The summed E-state index contributed by atoms with van der Waals surface area (Å²) in [6, 6.07) is 4.15. The molecule has 86 valence electrons. The lowest BCUT2D eigenvalue weighted by Crippen LogP contribution is -2.17. The van der Waals surface area contributed by atoms with Gasteiger partial charge in [-0.15, -0.1) is 0 Å². The summed E-state index contributed by atoms with van der Waals surface area (Å²) in [4.78, 5) is 0. The Balaban J connectivity index is 1.90. The van der Waals surface area contributed by atoms with Crippen molar-refractivity contribution in [1.29, 1.82) is 0 Å². The minimum absolute atomic E-state index is 0.283. The van der Waals surface area contributed by atoms with Crippen molar-refractivity contribution in [1.82, 2.24) is 15.1 Å². The van der Waals surface area contributed by atoms with Gasteiger partial charge in [-0.3, -0.25) is 4.68 Å². The standard InChI is InChI=1S/C12H17N3O/c1-3-15-9-11(7-14-15)10(2)13-8-12-5-4-6-16-12/h4-7,9-10,13H,3,8H2,1-2H3. The quantitative estimate of drug-likeness (QED) is 0.839. The monoisotopic (exact) mass is 219 g/mol. The van der Waals surface area contributed by atoms with Crippen LogP contribution in [0.3, 0.4) is 0 Å². The van der Waals surface area contributed by atoms with Gasteiger partial charge in [0.05, 0.1) is 19.0 Å². The smallest absolute Gasteiger partial charge is 0.117 e. The van der Waals surface area contributed by atoms with Crippen LogP contribution in [-0.2, 0) is 13.1 Å². The maximum Gasteiger partial charge on any atom is 0.117 e. The van der Waals surface area contributed by atoms with Crippen LogP contribution >= 0.6 is 0 Å². The van der Waals surface area contributed by atoms with Crippen molar-refractivity contribution in [2.75, 3.05) is 0 Å². The molecule has 0 fully saturated rings. The van der Waals surface area contributed by atoms with Gasteiger partial charge in [0.1, 0.15) is 5.76 Å². The molecule has 0 saturated heterocycles. The van der Waals surface area contributed by atoms with Gasteiger partial charge >= 0.3 is 0 Å². The normalized spacial score (nSPS) is 12.9.